The van der Waals surface area contributed by atoms with E-state index in [1.807, 2.05) is 0 Å². The van der Waals surface area contributed by atoms with Crippen molar-refractivity contribution in [3.8, 4) is 0 Å². The highest BCUT2D eigenvalue weighted by Crippen LogP contribution is 2.55. The summed E-state index contributed by atoms with van der Waals surface area (Å²) in [7, 11) is 1.52. The Hall–Kier alpha value is -1.10. The number of carboxylic acids is 1. The van der Waals surface area contributed by atoms with Gasteiger partial charge in [0.2, 0.25) is 5.91 Å². The van der Waals surface area contributed by atoms with E-state index in [0.29, 0.717) is 25.4 Å². The third kappa shape index (κ3) is 2.43. The molecule has 112 valence electrons. The number of methoxy groups -OCH3 is 1. The fourth-order valence-corrected chi connectivity index (χ4v) is 3.73. The van der Waals surface area contributed by atoms with E-state index in [2.05, 4.69) is 0 Å². The summed E-state index contributed by atoms with van der Waals surface area (Å²) in [6.07, 6.45) is 4.91. The predicted molar refractivity (Wildman–Crippen MR) is 72.1 cm³/mol. The van der Waals surface area contributed by atoms with Crippen LogP contribution in [0.4, 0.5) is 0 Å². The van der Waals surface area contributed by atoms with Gasteiger partial charge in [0.25, 0.3) is 0 Å². The minimum atomic E-state index is -0.910. The molecule has 1 amide bonds. The van der Waals surface area contributed by atoms with Crippen molar-refractivity contribution in [1.82, 2.24) is 4.90 Å². The molecule has 3 aliphatic rings. The predicted octanol–water partition coefficient (Wildman–Crippen LogP) is 1.37. The van der Waals surface area contributed by atoms with Gasteiger partial charge >= 0.3 is 5.97 Å². The topological polar surface area (TPSA) is 66.8 Å². The number of carboxylic acid groups (broad SMARTS) is 1. The Kier molecular flexibility index (Phi) is 3.48. The van der Waals surface area contributed by atoms with Gasteiger partial charge in [-0.15, -0.1) is 0 Å². The van der Waals surface area contributed by atoms with E-state index in [1.54, 1.807) is 4.90 Å². The Balaban J connectivity index is 1.64. The minimum Gasteiger partial charge on any atom is -0.481 e. The van der Waals surface area contributed by atoms with Crippen LogP contribution in [0.1, 0.15) is 32.1 Å². The summed E-state index contributed by atoms with van der Waals surface area (Å²) >= 11 is 0. The zero-order valence-corrected chi connectivity index (χ0v) is 12.0. The van der Waals surface area contributed by atoms with Crippen LogP contribution in [0, 0.1) is 23.2 Å². The number of rotatable bonds is 5. The largest absolute Gasteiger partial charge is 0.481 e. The second-order valence-electron chi connectivity index (χ2n) is 6.73. The smallest absolute Gasteiger partial charge is 0.313 e. The molecule has 0 aromatic carbocycles. The molecular formula is C15H23NO4. The van der Waals surface area contributed by atoms with E-state index in [0.717, 1.165) is 18.8 Å². The van der Waals surface area contributed by atoms with E-state index in [-0.39, 0.29) is 18.4 Å². The van der Waals surface area contributed by atoms with Gasteiger partial charge in [0.1, 0.15) is 5.41 Å². The number of nitrogens with zero attached hydrogens (tertiary/aromatic N) is 1. The molecule has 1 saturated heterocycles. The molecule has 1 aliphatic heterocycles. The van der Waals surface area contributed by atoms with Crippen LogP contribution in [-0.2, 0) is 14.3 Å². The first kappa shape index (κ1) is 13.9. The highest BCUT2D eigenvalue weighted by molar-refractivity contribution is 5.83. The van der Waals surface area contributed by atoms with Crippen molar-refractivity contribution in [2.24, 2.45) is 23.2 Å². The molecule has 5 nitrogen and oxygen atoms in total. The maximum atomic E-state index is 12.5. The molecule has 3 atom stereocenters. The first-order valence-electron chi connectivity index (χ1n) is 7.58. The molecule has 2 saturated carbocycles. The molecule has 0 aromatic heterocycles. The molecule has 0 spiro atoms. The van der Waals surface area contributed by atoms with Gasteiger partial charge in [-0.2, -0.15) is 0 Å². The summed E-state index contributed by atoms with van der Waals surface area (Å²) in [6.45, 7) is 1.19. The average Bonchev–Trinajstić information content (AvgIpc) is 3.28. The molecule has 0 radical (unpaired) electrons. The summed E-state index contributed by atoms with van der Waals surface area (Å²) < 4.78 is 5.10. The van der Waals surface area contributed by atoms with Crippen molar-refractivity contribution in [2.45, 2.75) is 32.1 Å². The quantitative estimate of drug-likeness (QED) is 0.826. The van der Waals surface area contributed by atoms with Gasteiger partial charge in [0.05, 0.1) is 6.61 Å². The summed E-state index contributed by atoms with van der Waals surface area (Å²) in [5.74, 6) is 0.882. The zero-order chi connectivity index (χ0) is 14.3. The van der Waals surface area contributed by atoms with Gasteiger partial charge in [-0.3, -0.25) is 9.59 Å². The Morgan fingerprint density at radius 2 is 2.15 bits per heavy atom. The van der Waals surface area contributed by atoms with Crippen LogP contribution in [0.2, 0.25) is 0 Å². The zero-order valence-electron chi connectivity index (χ0n) is 12.0. The number of hydrogen-bond donors (Lipinski definition) is 1. The molecule has 2 aliphatic carbocycles. The van der Waals surface area contributed by atoms with E-state index in [9.17, 15) is 14.7 Å². The number of aliphatic carboxylic acids is 1. The highest BCUT2D eigenvalue weighted by atomic mass is 16.5. The van der Waals surface area contributed by atoms with E-state index < -0.39 is 11.4 Å². The fourth-order valence-electron chi connectivity index (χ4n) is 3.73. The van der Waals surface area contributed by atoms with Crippen molar-refractivity contribution in [3.05, 3.63) is 0 Å². The van der Waals surface area contributed by atoms with Crippen molar-refractivity contribution in [1.29, 1.82) is 0 Å². The molecule has 20 heavy (non-hydrogen) atoms. The Bertz CT molecular complexity index is 416. The third-order valence-corrected chi connectivity index (χ3v) is 5.15. The Labute approximate surface area is 119 Å². The Morgan fingerprint density at radius 3 is 2.75 bits per heavy atom. The van der Waals surface area contributed by atoms with Crippen LogP contribution in [-0.4, -0.2) is 48.7 Å². The second-order valence-corrected chi connectivity index (χ2v) is 6.73. The number of likely N-dealkylation sites (tertiary alicyclic amines) is 1. The van der Waals surface area contributed by atoms with Crippen LogP contribution >= 0.6 is 0 Å². The van der Waals surface area contributed by atoms with Gasteiger partial charge in [-0.1, -0.05) is 0 Å². The molecular weight excluding hydrogens is 258 g/mol. The minimum absolute atomic E-state index is 0.176. The molecule has 5 heteroatoms. The summed E-state index contributed by atoms with van der Waals surface area (Å²) in [4.78, 5) is 25.9. The monoisotopic (exact) mass is 281 g/mol. The molecule has 0 bridgehead atoms. The van der Waals surface area contributed by atoms with Gasteiger partial charge in [-0.05, 0) is 43.9 Å². The van der Waals surface area contributed by atoms with Crippen molar-refractivity contribution < 1.29 is 19.4 Å². The summed E-state index contributed by atoms with van der Waals surface area (Å²) in [6, 6.07) is 0. The molecule has 3 rings (SSSR count). The number of ether oxygens (including phenoxy) is 1. The van der Waals surface area contributed by atoms with Gasteiger partial charge < -0.3 is 14.7 Å². The summed E-state index contributed by atoms with van der Waals surface area (Å²) in [5, 5.41) is 9.51. The van der Waals surface area contributed by atoms with E-state index in [1.165, 1.54) is 20.0 Å². The fraction of sp³-hybridized carbons (Fsp3) is 0.867. The third-order valence-electron chi connectivity index (χ3n) is 5.15. The molecule has 3 unspecified atom stereocenters. The standard InChI is InChI=1S/C15H23NO4/c1-20-9-15(14(18)19)5-2-6-16(8-15)13(17)12-7-11(12)10-3-4-10/h10-12H,2-9H2,1H3,(H,18,19). The lowest BCUT2D eigenvalue weighted by molar-refractivity contribution is -0.159. The van der Waals surface area contributed by atoms with Crippen LogP contribution in [0.15, 0.2) is 0 Å². The van der Waals surface area contributed by atoms with Crippen molar-refractivity contribution >= 4 is 11.9 Å². The van der Waals surface area contributed by atoms with Crippen LogP contribution in [0.5, 0.6) is 0 Å². The SMILES string of the molecule is COCC1(C(=O)O)CCCN(C(=O)C2CC2C2CC2)C1. The molecule has 0 aromatic rings. The van der Waals surface area contributed by atoms with Crippen LogP contribution in [0.25, 0.3) is 0 Å². The lowest BCUT2D eigenvalue weighted by Crippen LogP contribution is -2.52. The number of hydrogen-bond acceptors (Lipinski definition) is 3. The Morgan fingerprint density at radius 1 is 1.40 bits per heavy atom. The maximum Gasteiger partial charge on any atom is 0.313 e. The first-order valence-corrected chi connectivity index (χ1v) is 7.58. The number of carbonyl (C=O) groups excluding carboxylic acids is 1. The number of amides is 1. The second kappa shape index (κ2) is 5.02. The van der Waals surface area contributed by atoms with E-state index in [4.69, 9.17) is 4.74 Å². The van der Waals surface area contributed by atoms with Gasteiger partial charge in [0, 0.05) is 26.1 Å². The molecule has 3 fully saturated rings. The number of carbonyl (C=O) groups is 2. The lowest BCUT2D eigenvalue weighted by atomic mass is 9.80. The molecule has 1 heterocycles. The van der Waals surface area contributed by atoms with Crippen molar-refractivity contribution in [3.63, 3.8) is 0 Å². The van der Waals surface area contributed by atoms with Crippen molar-refractivity contribution in [2.75, 3.05) is 26.8 Å². The normalized spacial score (nSPS) is 36.8. The van der Waals surface area contributed by atoms with Crippen LogP contribution in [0.3, 0.4) is 0 Å². The highest BCUT2D eigenvalue weighted by Gasteiger charge is 2.53. The van der Waals surface area contributed by atoms with Gasteiger partial charge in [-0.25, -0.2) is 0 Å². The average molecular weight is 281 g/mol. The maximum absolute atomic E-state index is 12.5. The van der Waals surface area contributed by atoms with Crippen LogP contribution < -0.4 is 0 Å². The molecule has 1 N–H and O–H groups in total. The lowest BCUT2D eigenvalue weighted by Gasteiger charge is -2.39. The van der Waals surface area contributed by atoms with Gasteiger partial charge in [0.15, 0.2) is 0 Å². The number of piperidine rings is 1. The van der Waals surface area contributed by atoms with E-state index >= 15 is 0 Å². The summed E-state index contributed by atoms with van der Waals surface area (Å²) in [5.41, 5.74) is -0.910. The first-order chi connectivity index (χ1) is 9.57.